The minimum atomic E-state index is -0.511. The van der Waals surface area contributed by atoms with Crippen LogP contribution in [-0.4, -0.2) is 68.3 Å². The molecule has 0 unspecified atom stereocenters. The second-order valence-corrected chi connectivity index (χ2v) is 8.98. The van der Waals surface area contributed by atoms with Crippen molar-refractivity contribution in [2.75, 3.05) is 13.2 Å². The Morgan fingerprint density at radius 3 is 2.73 bits per heavy atom. The Kier molecular flexibility index (Phi) is 7.74. The SMILES string of the molecule is CCC[C@H](C(=O)NC[C@@H]1CCCO1)N(C(=O)Cn1nnc(-c2ccc(C)o2)n1)C1CCCC1. The van der Waals surface area contributed by atoms with Gasteiger partial charge in [0.15, 0.2) is 5.76 Å². The molecule has 4 rings (SSSR count). The van der Waals surface area contributed by atoms with Crippen LogP contribution in [-0.2, 0) is 20.9 Å². The van der Waals surface area contributed by atoms with Crippen LogP contribution in [0.1, 0.15) is 64.1 Å². The minimum absolute atomic E-state index is 0.0539. The number of carbonyl (C=O) groups excluding carboxylic acids is 2. The summed E-state index contributed by atoms with van der Waals surface area (Å²) in [5.74, 6) is 1.33. The molecule has 10 heteroatoms. The van der Waals surface area contributed by atoms with E-state index in [4.69, 9.17) is 9.15 Å². The van der Waals surface area contributed by atoms with Crippen molar-refractivity contribution in [2.45, 2.75) is 89.9 Å². The van der Waals surface area contributed by atoms with Crippen molar-refractivity contribution in [3.8, 4) is 11.6 Å². The van der Waals surface area contributed by atoms with Gasteiger partial charge in [-0.05, 0) is 56.4 Å². The molecule has 10 nitrogen and oxygen atoms in total. The highest BCUT2D eigenvalue weighted by molar-refractivity contribution is 5.87. The average molecular weight is 459 g/mol. The summed E-state index contributed by atoms with van der Waals surface area (Å²) in [5, 5.41) is 15.4. The van der Waals surface area contributed by atoms with Gasteiger partial charge in [-0.15, -0.1) is 10.2 Å². The first-order valence-electron chi connectivity index (χ1n) is 12.1. The molecule has 2 atom stereocenters. The lowest BCUT2D eigenvalue weighted by molar-refractivity contribution is -0.144. The number of rotatable bonds is 10. The number of nitrogens with one attached hydrogen (secondary N) is 1. The number of hydrogen-bond donors (Lipinski definition) is 1. The lowest BCUT2D eigenvalue weighted by Crippen LogP contribution is -2.55. The van der Waals surface area contributed by atoms with Crippen LogP contribution in [0, 0.1) is 6.92 Å². The molecule has 1 saturated carbocycles. The third-order valence-corrected chi connectivity index (χ3v) is 6.42. The highest BCUT2D eigenvalue weighted by Crippen LogP contribution is 2.27. The zero-order valence-corrected chi connectivity index (χ0v) is 19.5. The number of furan rings is 1. The summed E-state index contributed by atoms with van der Waals surface area (Å²) in [6.45, 7) is 5.05. The van der Waals surface area contributed by atoms with Crippen LogP contribution in [0.15, 0.2) is 16.5 Å². The molecule has 1 aliphatic heterocycles. The van der Waals surface area contributed by atoms with Crippen LogP contribution in [0.4, 0.5) is 0 Å². The molecule has 180 valence electrons. The Morgan fingerprint density at radius 2 is 2.06 bits per heavy atom. The zero-order chi connectivity index (χ0) is 23.2. The molecule has 33 heavy (non-hydrogen) atoms. The van der Waals surface area contributed by atoms with Crippen molar-refractivity contribution < 1.29 is 18.7 Å². The second kappa shape index (κ2) is 10.9. The van der Waals surface area contributed by atoms with Crippen molar-refractivity contribution in [3.05, 3.63) is 17.9 Å². The fraction of sp³-hybridized carbons (Fsp3) is 0.696. The lowest BCUT2D eigenvalue weighted by atomic mass is 10.0. The summed E-state index contributed by atoms with van der Waals surface area (Å²) < 4.78 is 11.2. The number of tetrazole rings is 1. The van der Waals surface area contributed by atoms with Crippen LogP contribution in [0.25, 0.3) is 11.6 Å². The number of ether oxygens (including phenoxy) is 1. The standard InChI is InChI=1S/C23H34N6O4/c1-3-7-19(23(31)24-14-18-10-6-13-32-18)29(17-8-4-5-9-17)21(30)15-28-26-22(25-27-28)20-12-11-16(2)33-20/h11-12,17-19H,3-10,13-15H2,1-2H3,(H,24,31)/t18-,19+/m0/s1. The van der Waals surface area contributed by atoms with Crippen molar-refractivity contribution in [1.82, 2.24) is 30.4 Å². The maximum absolute atomic E-state index is 13.5. The summed E-state index contributed by atoms with van der Waals surface area (Å²) in [4.78, 5) is 29.8. The third kappa shape index (κ3) is 5.79. The Hall–Kier alpha value is -2.75. The summed E-state index contributed by atoms with van der Waals surface area (Å²) in [6, 6.07) is 3.15. The maximum atomic E-state index is 13.5. The number of carbonyl (C=O) groups is 2. The van der Waals surface area contributed by atoms with Crippen molar-refractivity contribution >= 4 is 11.8 Å². The van der Waals surface area contributed by atoms with Gasteiger partial charge in [-0.1, -0.05) is 26.2 Å². The first-order valence-corrected chi connectivity index (χ1v) is 12.1. The van der Waals surface area contributed by atoms with Gasteiger partial charge in [-0.2, -0.15) is 4.80 Å². The molecule has 0 spiro atoms. The second-order valence-electron chi connectivity index (χ2n) is 8.98. The predicted octanol–water partition coefficient (Wildman–Crippen LogP) is 2.48. The monoisotopic (exact) mass is 458 g/mol. The van der Waals surface area contributed by atoms with E-state index in [0.29, 0.717) is 24.6 Å². The van der Waals surface area contributed by atoms with E-state index in [1.54, 1.807) is 11.0 Å². The Labute approximate surface area is 194 Å². The van der Waals surface area contributed by atoms with Crippen molar-refractivity contribution in [2.24, 2.45) is 0 Å². The smallest absolute Gasteiger partial charge is 0.247 e. The Balaban J connectivity index is 1.47. The van der Waals surface area contributed by atoms with Gasteiger partial charge >= 0.3 is 0 Å². The molecule has 2 aromatic rings. The first-order chi connectivity index (χ1) is 16.0. The number of hydrogen-bond acceptors (Lipinski definition) is 7. The van der Waals surface area contributed by atoms with E-state index in [2.05, 4.69) is 20.7 Å². The molecule has 0 radical (unpaired) electrons. The normalized spacial score (nSPS) is 19.6. The molecule has 3 heterocycles. The van der Waals surface area contributed by atoms with Gasteiger partial charge in [0.25, 0.3) is 0 Å². The fourth-order valence-electron chi connectivity index (χ4n) is 4.79. The van der Waals surface area contributed by atoms with Crippen LogP contribution >= 0.6 is 0 Å². The van der Waals surface area contributed by atoms with Crippen LogP contribution < -0.4 is 5.32 Å². The number of aryl methyl sites for hydroxylation is 1. The summed E-state index contributed by atoms with van der Waals surface area (Å²) in [7, 11) is 0. The van der Waals surface area contributed by atoms with Gasteiger partial charge in [0.2, 0.25) is 17.6 Å². The lowest BCUT2D eigenvalue weighted by Gasteiger charge is -2.36. The number of nitrogens with zero attached hydrogens (tertiary/aromatic N) is 5. The highest BCUT2D eigenvalue weighted by atomic mass is 16.5. The van der Waals surface area contributed by atoms with E-state index in [1.807, 2.05) is 19.9 Å². The summed E-state index contributed by atoms with van der Waals surface area (Å²) >= 11 is 0. The van der Waals surface area contributed by atoms with Crippen molar-refractivity contribution in [3.63, 3.8) is 0 Å². The van der Waals surface area contributed by atoms with E-state index < -0.39 is 6.04 Å². The van der Waals surface area contributed by atoms with Gasteiger partial charge in [0.05, 0.1) is 6.10 Å². The largest absolute Gasteiger partial charge is 0.458 e. The van der Waals surface area contributed by atoms with Gasteiger partial charge in [-0.3, -0.25) is 9.59 Å². The zero-order valence-electron chi connectivity index (χ0n) is 19.5. The van der Waals surface area contributed by atoms with Gasteiger partial charge < -0.3 is 19.4 Å². The average Bonchev–Trinajstić information content (AvgIpc) is 3.60. The topological polar surface area (TPSA) is 115 Å². The molecule has 2 fully saturated rings. The van der Waals surface area contributed by atoms with E-state index in [1.165, 1.54) is 4.80 Å². The van der Waals surface area contributed by atoms with Gasteiger partial charge in [0.1, 0.15) is 18.3 Å². The van der Waals surface area contributed by atoms with Crippen molar-refractivity contribution in [1.29, 1.82) is 0 Å². The molecule has 2 aliphatic rings. The molecular formula is C23H34N6O4. The van der Waals surface area contributed by atoms with E-state index in [0.717, 1.165) is 57.3 Å². The Bertz CT molecular complexity index is 929. The molecule has 1 N–H and O–H groups in total. The number of amides is 2. The molecule has 1 aliphatic carbocycles. The van der Waals surface area contributed by atoms with Crippen LogP contribution in [0.2, 0.25) is 0 Å². The molecule has 2 amide bonds. The third-order valence-electron chi connectivity index (χ3n) is 6.42. The van der Waals surface area contributed by atoms with Gasteiger partial charge in [0, 0.05) is 19.2 Å². The summed E-state index contributed by atoms with van der Waals surface area (Å²) in [5.41, 5.74) is 0. The first kappa shape index (κ1) is 23.4. The van der Waals surface area contributed by atoms with Crippen LogP contribution in [0.3, 0.4) is 0 Å². The molecule has 1 saturated heterocycles. The minimum Gasteiger partial charge on any atom is -0.458 e. The predicted molar refractivity (Wildman–Crippen MR) is 120 cm³/mol. The number of aromatic nitrogens is 4. The summed E-state index contributed by atoms with van der Waals surface area (Å²) in [6.07, 6.45) is 7.41. The van der Waals surface area contributed by atoms with E-state index >= 15 is 0 Å². The molecule has 0 aromatic carbocycles. The molecular weight excluding hydrogens is 424 g/mol. The van der Waals surface area contributed by atoms with Crippen LogP contribution in [0.5, 0.6) is 0 Å². The fourth-order valence-corrected chi connectivity index (χ4v) is 4.79. The quantitative estimate of drug-likeness (QED) is 0.581. The van der Waals surface area contributed by atoms with E-state index in [9.17, 15) is 9.59 Å². The molecule has 0 bridgehead atoms. The Morgan fingerprint density at radius 1 is 1.24 bits per heavy atom. The van der Waals surface area contributed by atoms with E-state index in [-0.39, 0.29) is 30.5 Å². The maximum Gasteiger partial charge on any atom is 0.247 e. The molecule has 2 aromatic heterocycles. The van der Waals surface area contributed by atoms with Gasteiger partial charge in [-0.25, -0.2) is 0 Å². The highest BCUT2D eigenvalue weighted by Gasteiger charge is 2.36.